The van der Waals surface area contributed by atoms with Gasteiger partial charge >= 0.3 is 0 Å². The van der Waals surface area contributed by atoms with Crippen molar-refractivity contribution in [2.45, 2.75) is 13.0 Å². The molecule has 0 aromatic heterocycles. The highest BCUT2D eigenvalue weighted by Gasteiger charge is 2.10. The second kappa shape index (κ2) is 5.77. The maximum atomic E-state index is 5.89. The summed E-state index contributed by atoms with van der Waals surface area (Å²) < 4.78 is 0. The lowest BCUT2D eigenvalue weighted by atomic mass is 10.0. The van der Waals surface area contributed by atoms with Gasteiger partial charge < -0.3 is 5.73 Å². The van der Waals surface area contributed by atoms with Crippen molar-refractivity contribution in [1.82, 2.24) is 5.32 Å². The van der Waals surface area contributed by atoms with E-state index in [1.54, 1.807) is 0 Å². The Hall–Kier alpha value is -1.01. The Morgan fingerprint density at radius 1 is 1.60 bits per heavy atom. The summed E-state index contributed by atoms with van der Waals surface area (Å²) in [7, 11) is 0. The largest absolute Gasteiger partial charge is 0.329 e. The van der Waals surface area contributed by atoms with Gasteiger partial charge in [0.2, 0.25) is 0 Å². The first-order valence-corrected chi connectivity index (χ1v) is 5.19. The molecular formula is C12H15ClN2. The number of benzene rings is 1. The fourth-order valence-corrected chi connectivity index (χ4v) is 1.76. The molecule has 1 aromatic rings. The van der Waals surface area contributed by atoms with Crippen molar-refractivity contribution in [2.24, 2.45) is 5.73 Å². The summed E-state index contributed by atoms with van der Waals surface area (Å²) in [6.07, 6.45) is 5.20. The molecular weight excluding hydrogens is 208 g/mol. The topological polar surface area (TPSA) is 38.0 Å². The predicted octanol–water partition coefficient (Wildman–Crippen LogP) is 1.87. The van der Waals surface area contributed by atoms with Crippen molar-refractivity contribution in [3.8, 4) is 12.3 Å². The zero-order valence-electron chi connectivity index (χ0n) is 8.76. The fourth-order valence-electron chi connectivity index (χ4n) is 1.53. The van der Waals surface area contributed by atoms with Gasteiger partial charge in [0.1, 0.15) is 0 Å². The first kappa shape index (κ1) is 12.1. The molecule has 3 heteroatoms. The Labute approximate surface area is 95.8 Å². The number of nitrogens with two attached hydrogens (primary N) is 1. The van der Waals surface area contributed by atoms with Gasteiger partial charge in [-0.05, 0) is 30.2 Å². The molecule has 0 aliphatic rings. The summed E-state index contributed by atoms with van der Waals surface area (Å²) in [6, 6.07) is 5.87. The van der Waals surface area contributed by atoms with Crippen LogP contribution in [-0.2, 0) is 0 Å². The number of hydrogen-bond donors (Lipinski definition) is 2. The number of halogens is 1. The molecule has 1 unspecified atom stereocenters. The van der Waals surface area contributed by atoms with E-state index in [2.05, 4.69) is 11.2 Å². The van der Waals surface area contributed by atoms with E-state index in [4.69, 9.17) is 23.8 Å². The third-order valence-corrected chi connectivity index (χ3v) is 2.53. The van der Waals surface area contributed by atoms with E-state index in [0.29, 0.717) is 13.1 Å². The minimum atomic E-state index is 0.0957. The van der Waals surface area contributed by atoms with Crippen LogP contribution in [0, 0.1) is 19.3 Å². The number of nitrogens with one attached hydrogen (secondary N) is 1. The quantitative estimate of drug-likeness (QED) is 0.764. The van der Waals surface area contributed by atoms with Gasteiger partial charge in [-0.25, -0.2) is 0 Å². The zero-order chi connectivity index (χ0) is 11.3. The van der Waals surface area contributed by atoms with Gasteiger partial charge in [0.25, 0.3) is 0 Å². The molecule has 0 saturated carbocycles. The Balaban J connectivity index is 2.87. The molecule has 0 aliphatic carbocycles. The Kier molecular flexibility index (Phi) is 4.64. The maximum absolute atomic E-state index is 5.89. The molecule has 15 heavy (non-hydrogen) atoms. The summed E-state index contributed by atoms with van der Waals surface area (Å²) in [5, 5.41) is 3.93. The molecule has 0 heterocycles. The van der Waals surface area contributed by atoms with Gasteiger partial charge in [-0.15, -0.1) is 6.42 Å². The summed E-state index contributed by atoms with van der Waals surface area (Å²) >= 11 is 5.89. The molecule has 0 bridgehead atoms. The lowest BCUT2D eigenvalue weighted by molar-refractivity contribution is 0.579. The van der Waals surface area contributed by atoms with Crippen molar-refractivity contribution in [2.75, 3.05) is 13.1 Å². The molecule has 0 amide bonds. The van der Waals surface area contributed by atoms with Crippen molar-refractivity contribution < 1.29 is 0 Å². The summed E-state index contributed by atoms with van der Waals surface area (Å²) in [5.41, 5.74) is 7.97. The first-order valence-electron chi connectivity index (χ1n) is 4.82. The van der Waals surface area contributed by atoms with Gasteiger partial charge in [-0.3, -0.25) is 5.32 Å². The SMILES string of the molecule is C#CCNC(CN)c1ccc(Cl)cc1C. The second-order valence-corrected chi connectivity index (χ2v) is 3.81. The molecule has 0 fully saturated rings. The second-order valence-electron chi connectivity index (χ2n) is 3.37. The molecule has 0 aliphatic heterocycles. The van der Waals surface area contributed by atoms with Crippen molar-refractivity contribution in [3.05, 3.63) is 34.3 Å². The fraction of sp³-hybridized carbons (Fsp3) is 0.333. The van der Waals surface area contributed by atoms with Gasteiger partial charge in [-0.1, -0.05) is 23.6 Å². The lowest BCUT2D eigenvalue weighted by Crippen LogP contribution is -2.29. The molecule has 0 spiro atoms. The van der Waals surface area contributed by atoms with E-state index < -0.39 is 0 Å². The van der Waals surface area contributed by atoms with Crippen LogP contribution < -0.4 is 11.1 Å². The molecule has 1 aromatic carbocycles. The first-order chi connectivity index (χ1) is 7.19. The normalized spacial score (nSPS) is 12.1. The molecule has 80 valence electrons. The minimum Gasteiger partial charge on any atom is -0.329 e. The predicted molar refractivity (Wildman–Crippen MR) is 64.8 cm³/mol. The zero-order valence-corrected chi connectivity index (χ0v) is 9.51. The van der Waals surface area contributed by atoms with Gasteiger partial charge in [0.15, 0.2) is 0 Å². The Morgan fingerprint density at radius 2 is 2.33 bits per heavy atom. The van der Waals surface area contributed by atoms with Crippen LogP contribution in [0.4, 0.5) is 0 Å². The number of aryl methyl sites for hydroxylation is 1. The third kappa shape index (κ3) is 3.24. The molecule has 1 rings (SSSR count). The van der Waals surface area contributed by atoms with Gasteiger partial charge in [0.05, 0.1) is 6.54 Å². The maximum Gasteiger partial charge on any atom is 0.0578 e. The number of terminal acetylenes is 1. The molecule has 1 atom stereocenters. The van der Waals surface area contributed by atoms with Crippen LogP contribution in [0.2, 0.25) is 5.02 Å². The van der Waals surface area contributed by atoms with Crippen molar-refractivity contribution in [3.63, 3.8) is 0 Å². The van der Waals surface area contributed by atoms with E-state index in [-0.39, 0.29) is 6.04 Å². The summed E-state index contributed by atoms with van der Waals surface area (Å²) in [4.78, 5) is 0. The average Bonchev–Trinajstić information content (AvgIpc) is 2.21. The third-order valence-electron chi connectivity index (χ3n) is 2.29. The van der Waals surface area contributed by atoms with E-state index >= 15 is 0 Å². The van der Waals surface area contributed by atoms with Crippen molar-refractivity contribution >= 4 is 11.6 Å². The van der Waals surface area contributed by atoms with Gasteiger partial charge in [0, 0.05) is 17.6 Å². The monoisotopic (exact) mass is 222 g/mol. The molecule has 2 nitrogen and oxygen atoms in total. The highest BCUT2D eigenvalue weighted by molar-refractivity contribution is 6.30. The van der Waals surface area contributed by atoms with Crippen LogP contribution in [0.3, 0.4) is 0 Å². The molecule has 0 radical (unpaired) electrons. The highest BCUT2D eigenvalue weighted by atomic mass is 35.5. The van der Waals surface area contributed by atoms with E-state index in [1.165, 1.54) is 0 Å². The van der Waals surface area contributed by atoms with Crippen LogP contribution in [0.5, 0.6) is 0 Å². The number of hydrogen-bond acceptors (Lipinski definition) is 2. The van der Waals surface area contributed by atoms with E-state index in [0.717, 1.165) is 16.1 Å². The van der Waals surface area contributed by atoms with Crippen LogP contribution in [0.1, 0.15) is 17.2 Å². The van der Waals surface area contributed by atoms with Crippen LogP contribution >= 0.6 is 11.6 Å². The van der Waals surface area contributed by atoms with Crippen LogP contribution in [0.15, 0.2) is 18.2 Å². The standard InChI is InChI=1S/C12H15ClN2/c1-3-6-15-12(8-14)11-5-4-10(13)7-9(11)2/h1,4-5,7,12,15H,6,8,14H2,2H3. The summed E-state index contributed by atoms with van der Waals surface area (Å²) in [5.74, 6) is 2.54. The Bertz CT molecular complexity index is 368. The number of rotatable bonds is 4. The van der Waals surface area contributed by atoms with Crippen molar-refractivity contribution in [1.29, 1.82) is 0 Å². The van der Waals surface area contributed by atoms with Crippen LogP contribution in [-0.4, -0.2) is 13.1 Å². The lowest BCUT2D eigenvalue weighted by Gasteiger charge is -2.18. The van der Waals surface area contributed by atoms with Crippen LogP contribution in [0.25, 0.3) is 0 Å². The highest BCUT2D eigenvalue weighted by Crippen LogP contribution is 2.20. The minimum absolute atomic E-state index is 0.0957. The smallest absolute Gasteiger partial charge is 0.0578 e. The molecule has 0 saturated heterocycles. The Morgan fingerprint density at radius 3 is 2.87 bits per heavy atom. The molecule has 3 N–H and O–H groups in total. The summed E-state index contributed by atoms with van der Waals surface area (Å²) in [6.45, 7) is 3.05. The van der Waals surface area contributed by atoms with Gasteiger partial charge in [-0.2, -0.15) is 0 Å². The van der Waals surface area contributed by atoms with E-state index in [9.17, 15) is 0 Å². The van der Waals surface area contributed by atoms with E-state index in [1.807, 2.05) is 25.1 Å². The average molecular weight is 223 g/mol.